The molecule has 4 rings (SSSR count). The monoisotopic (exact) mass is 437 g/mol. The number of H-pyrrole nitrogens is 1. The van der Waals surface area contributed by atoms with E-state index in [2.05, 4.69) is 10.3 Å². The molecule has 160 valence electrons. The van der Waals surface area contributed by atoms with Gasteiger partial charge in [-0.25, -0.2) is 0 Å². The minimum atomic E-state index is -0.181. The van der Waals surface area contributed by atoms with Crippen LogP contribution in [-0.2, 0) is 11.2 Å². The number of halogens is 1. The molecule has 1 aliphatic heterocycles. The lowest BCUT2D eigenvalue weighted by Gasteiger charge is -2.33. The third-order valence-corrected chi connectivity index (χ3v) is 5.59. The molecule has 1 unspecified atom stereocenters. The fourth-order valence-corrected chi connectivity index (χ4v) is 4.13. The van der Waals surface area contributed by atoms with Gasteiger partial charge in [-0.1, -0.05) is 23.7 Å². The van der Waals surface area contributed by atoms with Crippen LogP contribution in [0.25, 0.3) is 10.9 Å². The molecule has 8 heteroatoms. The molecule has 1 aliphatic rings. The van der Waals surface area contributed by atoms with Crippen LogP contribution in [0.15, 0.2) is 54.7 Å². The first-order chi connectivity index (χ1) is 15.1. The second-order valence-electron chi connectivity index (χ2n) is 7.36. The Bertz CT molecular complexity index is 1120. The number of nitrogens with zero attached hydrogens (tertiary/aromatic N) is 1. The molecule has 0 bridgehead atoms. The molecule has 5 N–H and O–H groups in total. The first-order valence-electron chi connectivity index (χ1n) is 10.0. The summed E-state index contributed by atoms with van der Waals surface area (Å²) in [7, 11) is 0. The zero-order chi connectivity index (χ0) is 21.8. The van der Waals surface area contributed by atoms with Gasteiger partial charge in [0.2, 0.25) is 6.41 Å². The maximum absolute atomic E-state index is 11.8. The van der Waals surface area contributed by atoms with Gasteiger partial charge < -0.3 is 25.7 Å². The number of benzene rings is 2. The lowest BCUT2D eigenvalue weighted by molar-refractivity contribution is -0.120. The highest BCUT2D eigenvalue weighted by atomic mass is 35.5. The Morgan fingerprint density at radius 3 is 2.87 bits per heavy atom. The summed E-state index contributed by atoms with van der Waals surface area (Å²) in [4.78, 5) is 17.1. The second kappa shape index (κ2) is 9.14. The molecule has 1 amide bonds. The largest absolute Gasteiger partial charge is 0.492 e. The van der Waals surface area contributed by atoms with Gasteiger partial charge in [0.1, 0.15) is 18.2 Å². The SMILES string of the molecule is N=C(N)/C=C\NCCOc1ccc(C2c3[nH]c4ccc(Cl)cc4c3CCN2C=O)cc1. The number of hydrogen-bond donors (Lipinski definition) is 4. The van der Waals surface area contributed by atoms with E-state index in [-0.39, 0.29) is 11.9 Å². The van der Waals surface area contributed by atoms with Crippen molar-refractivity contribution >= 4 is 34.7 Å². The van der Waals surface area contributed by atoms with E-state index >= 15 is 0 Å². The van der Waals surface area contributed by atoms with Gasteiger partial charge in [-0.05, 0) is 54.0 Å². The molecule has 0 fully saturated rings. The van der Waals surface area contributed by atoms with E-state index in [1.54, 1.807) is 6.20 Å². The number of carbonyl (C=O) groups excluding carboxylic acids is 1. The highest BCUT2D eigenvalue weighted by Gasteiger charge is 2.31. The van der Waals surface area contributed by atoms with Crippen molar-refractivity contribution in [3.8, 4) is 5.75 Å². The lowest BCUT2D eigenvalue weighted by Crippen LogP contribution is -2.34. The van der Waals surface area contributed by atoms with E-state index in [1.165, 1.54) is 11.6 Å². The van der Waals surface area contributed by atoms with Crippen LogP contribution in [0.4, 0.5) is 0 Å². The van der Waals surface area contributed by atoms with E-state index in [1.807, 2.05) is 47.4 Å². The van der Waals surface area contributed by atoms with Crippen LogP contribution in [0, 0.1) is 5.41 Å². The zero-order valence-electron chi connectivity index (χ0n) is 16.9. The number of rotatable bonds is 8. The van der Waals surface area contributed by atoms with Gasteiger partial charge in [0.05, 0.1) is 6.04 Å². The summed E-state index contributed by atoms with van der Waals surface area (Å²) in [6.07, 6.45) is 4.80. The maximum atomic E-state index is 11.8. The van der Waals surface area contributed by atoms with Crippen LogP contribution in [0.1, 0.15) is 22.9 Å². The Kier molecular flexibility index (Phi) is 6.13. The molecule has 31 heavy (non-hydrogen) atoms. The predicted octanol–water partition coefficient (Wildman–Crippen LogP) is 3.34. The summed E-state index contributed by atoms with van der Waals surface area (Å²) in [5, 5.41) is 11.9. The fourth-order valence-electron chi connectivity index (χ4n) is 3.96. The van der Waals surface area contributed by atoms with Crippen molar-refractivity contribution in [1.82, 2.24) is 15.2 Å². The average molecular weight is 438 g/mol. The number of aromatic nitrogens is 1. The number of nitrogens with two attached hydrogens (primary N) is 1. The van der Waals surface area contributed by atoms with Gasteiger partial charge in [-0.2, -0.15) is 0 Å². The quantitative estimate of drug-likeness (QED) is 0.187. The van der Waals surface area contributed by atoms with E-state index in [0.717, 1.165) is 40.7 Å². The Morgan fingerprint density at radius 2 is 2.13 bits per heavy atom. The molecular formula is C23H24ClN5O2. The molecule has 2 aromatic carbocycles. The van der Waals surface area contributed by atoms with E-state index in [9.17, 15) is 4.79 Å². The van der Waals surface area contributed by atoms with Crippen LogP contribution in [0.3, 0.4) is 0 Å². The molecule has 3 aromatic rings. The highest BCUT2D eigenvalue weighted by Crippen LogP contribution is 2.38. The van der Waals surface area contributed by atoms with Gasteiger partial charge in [-0.3, -0.25) is 10.2 Å². The summed E-state index contributed by atoms with van der Waals surface area (Å²) in [5.74, 6) is 0.746. The summed E-state index contributed by atoms with van der Waals surface area (Å²) in [5.41, 5.74) is 9.53. The molecule has 0 aliphatic carbocycles. The van der Waals surface area contributed by atoms with Crippen LogP contribution < -0.4 is 15.8 Å². The van der Waals surface area contributed by atoms with Crippen molar-refractivity contribution in [3.63, 3.8) is 0 Å². The smallest absolute Gasteiger partial charge is 0.210 e. The third-order valence-electron chi connectivity index (χ3n) is 5.35. The Hall–Kier alpha value is -3.45. The van der Waals surface area contributed by atoms with E-state index < -0.39 is 0 Å². The Balaban J connectivity index is 1.51. The van der Waals surface area contributed by atoms with Gasteiger partial charge in [0, 0.05) is 40.9 Å². The first kappa shape index (κ1) is 20.8. The van der Waals surface area contributed by atoms with E-state index in [0.29, 0.717) is 24.7 Å². The molecule has 2 heterocycles. The van der Waals surface area contributed by atoms with Crippen molar-refractivity contribution in [2.45, 2.75) is 12.5 Å². The van der Waals surface area contributed by atoms with Gasteiger partial charge >= 0.3 is 0 Å². The second-order valence-corrected chi connectivity index (χ2v) is 7.80. The maximum Gasteiger partial charge on any atom is 0.210 e. The zero-order valence-corrected chi connectivity index (χ0v) is 17.7. The number of fused-ring (bicyclic) bond motifs is 3. The van der Waals surface area contributed by atoms with Crippen molar-refractivity contribution < 1.29 is 9.53 Å². The molecule has 1 atom stereocenters. The molecule has 0 saturated heterocycles. The number of ether oxygens (including phenoxy) is 1. The topological polar surface area (TPSA) is 107 Å². The van der Waals surface area contributed by atoms with Gasteiger partial charge in [-0.15, -0.1) is 0 Å². The van der Waals surface area contributed by atoms with Crippen LogP contribution in [0.5, 0.6) is 5.75 Å². The minimum absolute atomic E-state index is 0.00249. The van der Waals surface area contributed by atoms with Crippen LogP contribution >= 0.6 is 11.6 Å². The number of amidine groups is 1. The van der Waals surface area contributed by atoms with Crippen LogP contribution in [0.2, 0.25) is 5.02 Å². The predicted molar refractivity (Wildman–Crippen MR) is 123 cm³/mol. The normalized spacial score (nSPS) is 15.8. The van der Waals surface area contributed by atoms with Crippen molar-refractivity contribution in [1.29, 1.82) is 5.41 Å². The number of carbonyl (C=O) groups is 1. The minimum Gasteiger partial charge on any atom is -0.492 e. The summed E-state index contributed by atoms with van der Waals surface area (Å²) in [6, 6.07) is 13.5. The molecule has 0 saturated carbocycles. The van der Waals surface area contributed by atoms with Gasteiger partial charge in [0.15, 0.2) is 0 Å². The van der Waals surface area contributed by atoms with Gasteiger partial charge in [0.25, 0.3) is 0 Å². The van der Waals surface area contributed by atoms with Crippen molar-refractivity contribution in [3.05, 3.63) is 76.6 Å². The van der Waals surface area contributed by atoms with Crippen molar-refractivity contribution in [2.24, 2.45) is 5.73 Å². The summed E-state index contributed by atoms with van der Waals surface area (Å²) < 4.78 is 5.75. The summed E-state index contributed by atoms with van der Waals surface area (Å²) in [6.45, 7) is 1.71. The van der Waals surface area contributed by atoms with Crippen molar-refractivity contribution in [2.75, 3.05) is 19.7 Å². The third kappa shape index (κ3) is 4.51. The molecule has 7 nitrogen and oxygen atoms in total. The number of hydrogen-bond acceptors (Lipinski definition) is 4. The first-order valence-corrected chi connectivity index (χ1v) is 10.4. The molecule has 1 aromatic heterocycles. The average Bonchev–Trinajstić information content (AvgIpc) is 3.13. The lowest BCUT2D eigenvalue weighted by atomic mass is 9.93. The summed E-state index contributed by atoms with van der Waals surface area (Å²) >= 11 is 6.21. The fraction of sp³-hybridized carbons (Fsp3) is 0.217. The Morgan fingerprint density at radius 1 is 1.32 bits per heavy atom. The number of nitrogens with one attached hydrogen (secondary N) is 3. The number of aromatic amines is 1. The number of amides is 1. The van der Waals surface area contributed by atoms with Crippen LogP contribution in [-0.4, -0.2) is 41.8 Å². The highest BCUT2D eigenvalue weighted by molar-refractivity contribution is 6.31. The van der Waals surface area contributed by atoms with E-state index in [4.69, 9.17) is 27.5 Å². The molecular weight excluding hydrogens is 414 g/mol. The molecule has 0 spiro atoms. The Labute approximate surface area is 185 Å². The molecule has 0 radical (unpaired) electrons. The standard InChI is InChI=1S/C23H24ClN5O2/c24-16-3-6-20-19(13-16)18-8-11-29(14-30)23(22(18)28-20)15-1-4-17(5-2-15)31-12-10-27-9-7-21(25)26/h1-7,9,13-14,23,27-28H,8,10-12H2,(H3,25,26)/b9-7-.